The van der Waals surface area contributed by atoms with Crippen LogP contribution in [0.5, 0.6) is 5.75 Å². The predicted molar refractivity (Wildman–Crippen MR) is 95.1 cm³/mol. The molecule has 2 atom stereocenters. The quantitative estimate of drug-likeness (QED) is 0.891. The number of hydrogen-bond donors (Lipinski definition) is 1. The van der Waals surface area contributed by atoms with Crippen LogP contribution in [0.2, 0.25) is 0 Å². The average molecular weight is 345 g/mol. The van der Waals surface area contributed by atoms with E-state index in [1.54, 1.807) is 18.9 Å². The standard InChI is InChI=1S/C16H24N2O2S.ClH/c1-12(11-21-3)16(19)18-9-8-17-10-14(18)13-6-4-5-7-15(13)20-2;/h4-7,12,14,17H,8-11H2,1-3H3;1H. The number of halogens is 1. The first-order valence-electron chi connectivity index (χ1n) is 7.32. The Morgan fingerprint density at radius 1 is 1.50 bits per heavy atom. The van der Waals surface area contributed by atoms with Crippen molar-refractivity contribution in [2.45, 2.75) is 13.0 Å². The lowest BCUT2D eigenvalue weighted by atomic mass is 10.00. The molecule has 1 amide bonds. The van der Waals surface area contributed by atoms with Crippen LogP contribution in [-0.2, 0) is 4.79 Å². The third-order valence-electron chi connectivity index (χ3n) is 3.86. The SMILES string of the molecule is COc1ccccc1C1CNCCN1C(=O)C(C)CSC.Cl. The minimum absolute atomic E-state index is 0. The minimum atomic E-state index is 0. The molecule has 22 heavy (non-hydrogen) atoms. The highest BCUT2D eigenvalue weighted by Crippen LogP contribution is 2.31. The van der Waals surface area contributed by atoms with Crippen LogP contribution in [0.25, 0.3) is 0 Å². The summed E-state index contributed by atoms with van der Waals surface area (Å²) in [5.74, 6) is 2.00. The van der Waals surface area contributed by atoms with E-state index in [0.717, 1.165) is 36.7 Å². The van der Waals surface area contributed by atoms with Crippen molar-refractivity contribution >= 4 is 30.1 Å². The van der Waals surface area contributed by atoms with E-state index in [0.29, 0.717) is 0 Å². The second kappa shape index (κ2) is 9.28. The number of rotatable bonds is 5. The zero-order valence-corrected chi connectivity index (χ0v) is 15.0. The van der Waals surface area contributed by atoms with Gasteiger partial charge in [-0.15, -0.1) is 12.4 Å². The molecule has 1 aliphatic rings. The largest absolute Gasteiger partial charge is 0.496 e. The Morgan fingerprint density at radius 3 is 2.91 bits per heavy atom. The Morgan fingerprint density at radius 2 is 2.23 bits per heavy atom. The van der Waals surface area contributed by atoms with Crippen molar-refractivity contribution in [3.63, 3.8) is 0 Å². The van der Waals surface area contributed by atoms with Gasteiger partial charge < -0.3 is 15.0 Å². The van der Waals surface area contributed by atoms with Gasteiger partial charge in [-0.25, -0.2) is 0 Å². The van der Waals surface area contributed by atoms with E-state index in [-0.39, 0.29) is 30.3 Å². The topological polar surface area (TPSA) is 41.6 Å². The molecule has 124 valence electrons. The van der Waals surface area contributed by atoms with E-state index < -0.39 is 0 Å². The number of amides is 1. The second-order valence-corrected chi connectivity index (χ2v) is 6.26. The maximum absolute atomic E-state index is 12.7. The van der Waals surface area contributed by atoms with Gasteiger partial charge in [-0.1, -0.05) is 25.1 Å². The Labute approximate surface area is 143 Å². The lowest BCUT2D eigenvalue weighted by Crippen LogP contribution is -2.50. The molecule has 1 N–H and O–H groups in total. The maximum atomic E-state index is 12.7. The number of methoxy groups -OCH3 is 1. The molecule has 4 nitrogen and oxygen atoms in total. The van der Waals surface area contributed by atoms with Gasteiger partial charge in [-0.2, -0.15) is 11.8 Å². The van der Waals surface area contributed by atoms with Crippen LogP contribution in [0.3, 0.4) is 0 Å². The fraction of sp³-hybridized carbons (Fsp3) is 0.562. The van der Waals surface area contributed by atoms with Crippen molar-refractivity contribution in [1.82, 2.24) is 10.2 Å². The minimum Gasteiger partial charge on any atom is -0.496 e. The summed E-state index contributed by atoms with van der Waals surface area (Å²) in [5.41, 5.74) is 1.08. The first-order valence-corrected chi connectivity index (χ1v) is 8.71. The van der Waals surface area contributed by atoms with Crippen LogP contribution >= 0.6 is 24.2 Å². The molecule has 0 spiro atoms. The van der Waals surface area contributed by atoms with E-state index in [2.05, 4.69) is 11.4 Å². The number of nitrogens with zero attached hydrogens (tertiary/aromatic N) is 1. The second-order valence-electron chi connectivity index (χ2n) is 5.35. The van der Waals surface area contributed by atoms with Crippen molar-refractivity contribution in [3.05, 3.63) is 29.8 Å². The molecule has 1 aromatic carbocycles. The van der Waals surface area contributed by atoms with Crippen molar-refractivity contribution in [2.24, 2.45) is 5.92 Å². The van der Waals surface area contributed by atoms with Gasteiger partial charge in [-0.05, 0) is 12.3 Å². The number of para-hydroxylation sites is 1. The zero-order chi connectivity index (χ0) is 15.2. The third kappa shape index (κ3) is 4.31. The van der Waals surface area contributed by atoms with E-state index in [4.69, 9.17) is 4.74 Å². The van der Waals surface area contributed by atoms with E-state index in [9.17, 15) is 4.79 Å². The van der Waals surface area contributed by atoms with Gasteiger partial charge in [0, 0.05) is 36.9 Å². The molecule has 0 radical (unpaired) electrons. The molecular formula is C16H25ClN2O2S. The molecule has 2 rings (SSSR count). The lowest BCUT2D eigenvalue weighted by Gasteiger charge is -2.38. The summed E-state index contributed by atoms with van der Waals surface area (Å²) >= 11 is 1.72. The Bertz CT molecular complexity index is 487. The van der Waals surface area contributed by atoms with Gasteiger partial charge in [0.1, 0.15) is 5.75 Å². The van der Waals surface area contributed by atoms with Gasteiger partial charge in [0.2, 0.25) is 5.91 Å². The maximum Gasteiger partial charge on any atom is 0.226 e. The molecule has 1 aromatic rings. The lowest BCUT2D eigenvalue weighted by molar-refractivity contribution is -0.137. The highest BCUT2D eigenvalue weighted by atomic mass is 35.5. The summed E-state index contributed by atoms with van der Waals surface area (Å²) < 4.78 is 5.46. The number of carbonyl (C=O) groups is 1. The number of nitrogens with one attached hydrogen (secondary N) is 1. The van der Waals surface area contributed by atoms with Crippen molar-refractivity contribution in [1.29, 1.82) is 0 Å². The van der Waals surface area contributed by atoms with Crippen molar-refractivity contribution < 1.29 is 9.53 Å². The summed E-state index contributed by atoms with van der Waals surface area (Å²) in [4.78, 5) is 14.7. The molecular weight excluding hydrogens is 320 g/mol. The molecule has 0 aliphatic carbocycles. The average Bonchev–Trinajstić information content (AvgIpc) is 2.54. The van der Waals surface area contributed by atoms with E-state index in [1.165, 1.54) is 0 Å². The van der Waals surface area contributed by atoms with Gasteiger partial charge in [-0.3, -0.25) is 4.79 Å². The molecule has 0 saturated carbocycles. The molecule has 2 unspecified atom stereocenters. The highest BCUT2D eigenvalue weighted by Gasteiger charge is 2.31. The molecule has 0 bridgehead atoms. The zero-order valence-electron chi connectivity index (χ0n) is 13.4. The number of hydrogen-bond acceptors (Lipinski definition) is 4. The molecule has 6 heteroatoms. The van der Waals surface area contributed by atoms with Crippen LogP contribution in [-0.4, -0.2) is 49.6 Å². The van der Waals surface area contributed by atoms with Gasteiger partial charge >= 0.3 is 0 Å². The summed E-state index contributed by atoms with van der Waals surface area (Å²) in [6.45, 7) is 4.39. The third-order valence-corrected chi connectivity index (χ3v) is 4.70. The number of thioether (sulfide) groups is 1. The normalized spacial score (nSPS) is 19.2. The molecule has 1 saturated heterocycles. The summed E-state index contributed by atoms with van der Waals surface area (Å²) in [5, 5.41) is 3.39. The number of piperazine rings is 1. The Kier molecular flexibility index (Phi) is 8.07. The molecule has 1 fully saturated rings. The van der Waals surface area contributed by atoms with E-state index in [1.807, 2.05) is 36.3 Å². The van der Waals surface area contributed by atoms with Gasteiger partial charge in [0.15, 0.2) is 0 Å². The molecule has 0 aromatic heterocycles. The Balaban J connectivity index is 0.00000242. The van der Waals surface area contributed by atoms with Crippen molar-refractivity contribution in [3.8, 4) is 5.75 Å². The van der Waals surface area contributed by atoms with Gasteiger partial charge in [0.25, 0.3) is 0 Å². The summed E-state index contributed by atoms with van der Waals surface area (Å²) in [6, 6.07) is 8.02. The predicted octanol–water partition coefficient (Wildman–Crippen LogP) is 2.59. The monoisotopic (exact) mass is 344 g/mol. The summed E-state index contributed by atoms with van der Waals surface area (Å²) in [7, 11) is 1.68. The number of ether oxygens (including phenoxy) is 1. The number of benzene rings is 1. The van der Waals surface area contributed by atoms with Crippen LogP contribution in [0, 0.1) is 5.92 Å². The summed E-state index contributed by atoms with van der Waals surface area (Å²) in [6.07, 6.45) is 2.04. The van der Waals surface area contributed by atoms with Crippen LogP contribution < -0.4 is 10.1 Å². The smallest absolute Gasteiger partial charge is 0.226 e. The fourth-order valence-corrected chi connectivity index (χ4v) is 3.43. The first-order chi connectivity index (χ1) is 10.2. The first kappa shape index (κ1) is 19.1. The fourth-order valence-electron chi connectivity index (χ4n) is 2.79. The van der Waals surface area contributed by atoms with Crippen LogP contribution in [0.4, 0.5) is 0 Å². The molecule has 1 heterocycles. The Hall–Kier alpha value is -0.910. The van der Waals surface area contributed by atoms with E-state index >= 15 is 0 Å². The highest BCUT2D eigenvalue weighted by molar-refractivity contribution is 7.98. The molecule has 1 aliphatic heterocycles. The van der Waals surface area contributed by atoms with Crippen LogP contribution in [0.15, 0.2) is 24.3 Å². The number of carbonyl (C=O) groups excluding carboxylic acids is 1. The van der Waals surface area contributed by atoms with Crippen LogP contribution in [0.1, 0.15) is 18.5 Å². The van der Waals surface area contributed by atoms with Gasteiger partial charge in [0.05, 0.1) is 13.2 Å². The van der Waals surface area contributed by atoms with Crippen molar-refractivity contribution in [2.75, 3.05) is 38.8 Å².